The number of barbiturate groups is 1. The molecule has 1 aliphatic carbocycles. The molecular weight excluding hydrogens is 1730 g/mol. The van der Waals surface area contributed by atoms with Gasteiger partial charge in [0.25, 0.3) is 23.6 Å². The zero-order valence-electron chi connectivity index (χ0n) is 72.6. The maximum atomic E-state index is 13.4. The lowest BCUT2D eigenvalue weighted by atomic mass is 9.99. The Morgan fingerprint density at radius 2 is 0.609 bits per heavy atom. The number of aryl methyl sites for hydroxylation is 2. The molecule has 2 fully saturated rings. The van der Waals surface area contributed by atoms with E-state index in [0.29, 0.717) is 79.1 Å². The Bertz CT molecular complexity index is 7010. The van der Waals surface area contributed by atoms with Gasteiger partial charge in [-0.1, -0.05) is 168 Å². The van der Waals surface area contributed by atoms with E-state index >= 15 is 0 Å². The molecule has 4 aromatic heterocycles. The van der Waals surface area contributed by atoms with Crippen molar-refractivity contribution in [2.75, 3.05) is 46.8 Å². The highest BCUT2D eigenvalue weighted by Crippen LogP contribution is 2.44. The summed E-state index contributed by atoms with van der Waals surface area (Å²) in [5.74, 6) is 1.85. The van der Waals surface area contributed by atoms with Crippen LogP contribution in [0.3, 0.4) is 0 Å². The molecular formula is C109H82Cl2N8O13S. The maximum Gasteiger partial charge on any atom is 0.333 e. The minimum Gasteiger partial charge on any atom is -0.452 e. The van der Waals surface area contributed by atoms with E-state index in [9.17, 15) is 38.4 Å². The van der Waals surface area contributed by atoms with Crippen LogP contribution in [0.15, 0.2) is 380 Å². The average molecular weight is 1810 g/mol. The monoisotopic (exact) mass is 1810 g/mol. The van der Waals surface area contributed by atoms with Gasteiger partial charge in [-0.25, -0.2) is 4.79 Å². The van der Waals surface area contributed by atoms with Gasteiger partial charge in [-0.05, 0) is 262 Å². The highest BCUT2D eigenvalue weighted by molar-refractivity contribution is 7.80. The van der Waals surface area contributed by atoms with Gasteiger partial charge >= 0.3 is 6.03 Å². The molecule has 24 heteroatoms. The first-order valence-electron chi connectivity index (χ1n) is 42.5. The van der Waals surface area contributed by atoms with Gasteiger partial charge in [0, 0.05) is 124 Å². The molecule has 21 nitrogen and oxygen atoms in total. The van der Waals surface area contributed by atoms with Crippen LogP contribution in [-0.2, 0) is 19.2 Å². The predicted molar refractivity (Wildman–Crippen MR) is 525 cm³/mol. The SMILES string of the molecule is CCN1C(=O)C(=Cc2ccc(N(c3ccccc3)c3ccccc3)o2)C(=O)N(CC)C1=O.Cc1ccc(N(c2ccc(C)cc2)c2ccc(C=C3C(=O)N(C)C(=S)N(C)C3=O)o2)cc1.O=C1/C(=C/c2ccc(N(c3ccc(Cl)cc3)c3ccc(Cl)cc3)o2)Oc2ccccc21.O=C1C(=Cc2ccc(N(c3ccccc3)c3ccccc3)o2)C(=O)c2cc3cc4ccccc4cc3cc21. The largest absolute Gasteiger partial charge is 0.452 e. The normalized spacial score (nSPS) is 13.7. The molecule has 133 heavy (non-hydrogen) atoms. The van der Waals surface area contributed by atoms with E-state index in [1.165, 1.54) is 22.0 Å². The molecule has 6 amide bonds. The summed E-state index contributed by atoms with van der Waals surface area (Å²) in [5, 5.41) is 5.51. The summed E-state index contributed by atoms with van der Waals surface area (Å²) in [7, 11) is 3.09. The number of furan rings is 4. The number of nitrogens with zero attached hydrogens (tertiary/aromatic N) is 8. The Labute approximate surface area is 781 Å². The first-order valence-corrected chi connectivity index (χ1v) is 43.7. The van der Waals surface area contributed by atoms with E-state index in [-0.39, 0.29) is 58.0 Å². The summed E-state index contributed by atoms with van der Waals surface area (Å²) in [6.07, 6.45) is 6.03. The van der Waals surface area contributed by atoms with Gasteiger partial charge in [0.2, 0.25) is 29.3 Å². The molecule has 0 spiro atoms. The Morgan fingerprint density at radius 1 is 0.308 bits per heavy atom. The second kappa shape index (κ2) is 38.8. The first kappa shape index (κ1) is 88.5. The minimum atomic E-state index is -0.617. The highest BCUT2D eigenvalue weighted by atomic mass is 35.5. The zero-order chi connectivity index (χ0) is 92.7. The number of halogens is 2. The Kier molecular flexibility index (Phi) is 25.8. The molecule has 0 bridgehead atoms. The molecule has 0 atom stereocenters. The maximum absolute atomic E-state index is 13.4. The number of hydrogen-bond acceptors (Lipinski definition) is 18. The van der Waals surface area contributed by atoms with Crippen molar-refractivity contribution in [2.45, 2.75) is 27.7 Å². The molecule has 0 radical (unpaired) electrons. The van der Waals surface area contributed by atoms with Gasteiger partial charge in [0.1, 0.15) is 39.9 Å². The quantitative estimate of drug-likeness (QED) is 0.0337. The smallest absolute Gasteiger partial charge is 0.333 e. The molecule has 4 aliphatic rings. The summed E-state index contributed by atoms with van der Waals surface area (Å²) in [4.78, 5) is 115. The number of Topliss-reactive ketones (excluding diaryl/α,β-unsaturated/α-hetero) is 3. The number of allylic oxidation sites excluding steroid dienone is 2. The number of urea groups is 1. The first-order chi connectivity index (χ1) is 64.5. The number of likely N-dealkylation sites (N-methyl/N-ethyl adjacent to an activating group) is 4. The number of carbonyl (C=O) groups excluding carboxylic acids is 8. The highest BCUT2D eigenvalue weighted by Gasteiger charge is 2.42. The van der Waals surface area contributed by atoms with Gasteiger partial charge in [-0.3, -0.25) is 72.8 Å². The zero-order valence-corrected chi connectivity index (χ0v) is 74.9. The molecule has 16 aromatic rings. The topological polar surface area (TPSA) is 224 Å². The second-order valence-corrected chi connectivity index (χ2v) is 32.4. The number of ether oxygens (including phenoxy) is 1. The molecule has 0 saturated carbocycles. The van der Waals surface area contributed by atoms with Crippen LogP contribution in [0.5, 0.6) is 5.75 Å². The molecule has 0 N–H and O–H groups in total. The summed E-state index contributed by atoms with van der Waals surface area (Å²) in [6.45, 7) is 7.82. The number of benzene rings is 12. The Morgan fingerprint density at radius 3 is 0.955 bits per heavy atom. The van der Waals surface area contributed by atoms with Crippen LogP contribution in [0.1, 0.15) is 79.1 Å². The van der Waals surface area contributed by atoms with Crippen LogP contribution in [0, 0.1) is 13.8 Å². The number of imide groups is 2. The van der Waals surface area contributed by atoms with Crippen molar-refractivity contribution >= 4 is 202 Å². The van der Waals surface area contributed by atoms with E-state index < -0.39 is 29.7 Å². The van der Waals surface area contributed by atoms with Gasteiger partial charge in [-0.15, -0.1) is 0 Å². The molecule has 656 valence electrons. The van der Waals surface area contributed by atoms with Crippen LogP contribution in [0.2, 0.25) is 10.0 Å². The number of amides is 6. The number of hydrogen-bond donors (Lipinski definition) is 0. The molecule has 2 saturated heterocycles. The fourth-order valence-corrected chi connectivity index (χ4v) is 16.0. The van der Waals surface area contributed by atoms with Crippen molar-refractivity contribution in [3.05, 3.63) is 423 Å². The Hall–Kier alpha value is -16.5. The third-order valence-electron chi connectivity index (χ3n) is 22.4. The van der Waals surface area contributed by atoms with Crippen LogP contribution in [0.4, 0.5) is 73.8 Å². The lowest BCUT2D eigenvalue weighted by molar-refractivity contribution is -0.136. The van der Waals surface area contributed by atoms with E-state index in [1.54, 1.807) is 82.6 Å². The van der Waals surface area contributed by atoms with Gasteiger partial charge in [0.05, 0.1) is 11.1 Å². The summed E-state index contributed by atoms with van der Waals surface area (Å²) >= 11 is 17.3. The Balaban J connectivity index is 0.000000124. The van der Waals surface area contributed by atoms with Crippen LogP contribution in [-0.4, -0.2) is 98.9 Å². The lowest BCUT2D eigenvalue weighted by Crippen LogP contribution is -2.56. The fourth-order valence-electron chi connectivity index (χ4n) is 15.6. The van der Waals surface area contributed by atoms with Crippen molar-refractivity contribution < 1.29 is 60.8 Å². The number of carbonyl (C=O) groups is 8. The van der Waals surface area contributed by atoms with Crippen molar-refractivity contribution in [3.63, 3.8) is 0 Å². The predicted octanol–water partition coefficient (Wildman–Crippen LogP) is 26.1. The number of rotatable bonds is 18. The van der Waals surface area contributed by atoms with Gasteiger partial charge in [0.15, 0.2) is 22.4 Å². The van der Waals surface area contributed by atoms with Crippen LogP contribution in [0.25, 0.3) is 45.8 Å². The van der Waals surface area contributed by atoms with E-state index in [2.05, 4.69) is 12.1 Å². The van der Waals surface area contributed by atoms with Crippen LogP contribution >= 0.6 is 35.4 Å². The molecule has 0 unspecified atom stereocenters. The standard InChI is InChI=1S/C34H21NO3.C25H15Cl2NO3.C25H23N3O4.C25H23N3O3S/c36-33-29-19-24-17-22-9-7-8-10-23(22)18-25(24)20-30(29)34(37)31(33)21-28-15-16-32(38-28)35(26-11-3-1-4-12-26)27-13-5-2-6-14-27;26-16-5-9-18(10-6-16)28(19-11-7-17(27)8-12-19)24-14-13-20(30-24)15-23-25(29)21-3-1-2-4-22(21)31-23;1-3-26-23(29)21(24(30)27(4-2)25(26)31)17-20-15-16-22(32-20)28(18-11-7-5-8-12-18)19-13-9-6-10-14-19;1-16-5-9-18(10-6-16)28(19-11-7-17(2)8-12-19)22-14-13-20(31-22)15-21-23(29)26(3)25(32)27(4)24(21)30/h1-21H;1-15H;5-17H,3-4H2,1-2H3;5-15H,1-4H3/b;23-15-;;. The molecule has 3 aliphatic heterocycles. The summed E-state index contributed by atoms with van der Waals surface area (Å²) in [5.41, 5.74) is 11.0. The molecule has 20 rings (SSSR count). The van der Waals surface area contributed by atoms with E-state index in [1.807, 2.05) is 319 Å². The van der Waals surface area contributed by atoms with E-state index in [0.717, 1.165) is 88.0 Å². The second-order valence-electron chi connectivity index (χ2n) is 31.1. The fraction of sp³-hybridized carbons (Fsp3) is 0.0734. The minimum absolute atomic E-state index is 0.00159. The van der Waals surface area contributed by atoms with Crippen molar-refractivity contribution in [1.82, 2.24) is 19.6 Å². The number of ketones is 3. The van der Waals surface area contributed by atoms with Gasteiger partial charge < -0.3 is 22.4 Å². The summed E-state index contributed by atoms with van der Waals surface area (Å²) in [6, 6.07) is 107. The number of thiocarbonyl (C=S) groups is 1. The summed E-state index contributed by atoms with van der Waals surface area (Å²) < 4.78 is 30.1. The van der Waals surface area contributed by atoms with Gasteiger partial charge in [-0.2, -0.15) is 0 Å². The van der Waals surface area contributed by atoms with Crippen molar-refractivity contribution in [1.29, 1.82) is 0 Å². The van der Waals surface area contributed by atoms with Crippen LogP contribution < -0.4 is 24.3 Å². The number of anilines is 12. The third kappa shape index (κ3) is 18.8. The number of fused-ring (bicyclic) bond motifs is 4. The number of para-hydroxylation sites is 5. The molecule has 7 heterocycles. The van der Waals surface area contributed by atoms with E-state index in [4.69, 9.17) is 57.8 Å². The average Bonchev–Trinajstić information content (AvgIpc) is 1.60. The molecule has 12 aromatic carbocycles. The lowest BCUT2D eigenvalue weighted by Gasteiger charge is -2.32. The van der Waals surface area contributed by atoms with Crippen molar-refractivity contribution in [2.24, 2.45) is 0 Å². The van der Waals surface area contributed by atoms with Crippen molar-refractivity contribution in [3.8, 4) is 5.75 Å². The third-order valence-corrected chi connectivity index (χ3v) is 23.4.